The number of nitrogens with two attached hydrogens (primary N) is 1. The number of unbranched alkanes of at least 4 members (excludes halogenated alkanes) is 19. The predicted molar refractivity (Wildman–Crippen MR) is 238 cm³/mol. The third-order valence-corrected chi connectivity index (χ3v) is 10.4. The Morgan fingerprint density at radius 3 is 1.42 bits per heavy atom. The zero-order valence-electron chi connectivity index (χ0n) is 36.3. The molecule has 0 aromatic carbocycles. The third kappa shape index (κ3) is 43.1. The molecule has 0 aromatic rings. The highest BCUT2D eigenvalue weighted by atomic mass is 31.2. The first-order valence-electron chi connectivity index (χ1n) is 22.8. The normalized spacial score (nSPS) is 13.8. The van der Waals surface area contributed by atoms with E-state index in [9.17, 15) is 19.0 Å². The van der Waals surface area contributed by atoms with Crippen LogP contribution in [0.2, 0.25) is 0 Å². The fraction of sp³-hybridized carbons (Fsp3) is 0.745. The summed E-state index contributed by atoms with van der Waals surface area (Å²) in [5, 5.41) is 0. The molecule has 1 unspecified atom stereocenters. The number of hydrogen-bond acceptors (Lipinski definition) is 8. The minimum atomic E-state index is -4.39. The van der Waals surface area contributed by atoms with E-state index in [4.69, 9.17) is 24.3 Å². The van der Waals surface area contributed by atoms with Gasteiger partial charge in [0, 0.05) is 19.4 Å². The summed E-state index contributed by atoms with van der Waals surface area (Å²) >= 11 is 0. The third-order valence-electron chi connectivity index (χ3n) is 9.42. The molecule has 0 aliphatic rings. The molecular formula is C47H84NO8P. The second-order valence-corrected chi connectivity index (χ2v) is 16.4. The van der Waals surface area contributed by atoms with Crippen molar-refractivity contribution in [3.05, 3.63) is 60.8 Å². The van der Waals surface area contributed by atoms with E-state index in [1.165, 1.54) is 109 Å². The van der Waals surface area contributed by atoms with Crippen molar-refractivity contribution < 1.29 is 37.6 Å². The summed E-state index contributed by atoms with van der Waals surface area (Å²) in [6.07, 6.45) is 51.2. The Hall–Kier alpha value is -2.29. The number of allylic oxidation sites excluding steroid dienone is 10. The molecule has 0 saturated heterocycles. The van der Waals surface area contributed by atoms with E-state index in [2.05, 4.69) is 62.5 Å². The van der Waals surface area contributed by atoms with Crippen LogP contribution in [-0.4, -0.2) is 49.3 Å². The highest BCUT2D eigenvalue weighted by Gasteiger charge is 2.25. The quantitative estimate of drug-likeness (QED) is 0.0267. The first-order valence-corrected chi connectivity index (χ1v) is 24.3. The lowest BCUT2D eigenvalue weighted by molar-refractivity contribution is -0.161. The van der Waals surface area contributed by atoms with Crippen molar-refractivity contribution in [2.24, 2.45) is 5.73 Å². The van der Waals surface area contributed by atoms with Crippen LogP contribution in [0.15, 0.2) is 60.8 Å². The molecule has 0 heterocycles. The maximum Gasteiger partial charge on any atom is 0.472 e. The Labute approximate surface area is 349 Å². The monoisotopic (exact) mass is 822 g/mol. The van der Waals surface area contributed by atoms with Gasteiger partial charge < -0.3 is 20.1 Å². The van der Waals surface area contributed by atoms with E-state index in [-0.39, 0.29) is 32.6 Å². The van der Waals surface area contributed by atoms with Gasteiger partial charge in [-0.25, -0.2) is 4.57 Å². The fourth-order valence-corrected chi connectivity index (χ4v) is 6.79. The number of carbonyl (C=O) groups is 2. The van der Waals surface area contributed by atoms with Crippen LogP contribution in [-0.2, 0) is 32.7 Å². The average molecular weight is 822 g/mol. The van der Waals surface area contributed by atoms with Crippen LogP contribution in [0.3, 0.4) is 0 Å². The van der Waals surface area contributed by atoms with Crippen molar-refractivity contribution in [1.29, 1.82) is 0 Å². The van der Waals surface area contributed by atoms with Gasteiger partial charge in [-0.05, 0) is 51.4 Å². The van der Waals surface area contributed by atoms with Crippen LogP contribution >= 0.6 is 7.82 Å². The second-order valence-electron chi connectivity index (χ2n) is 14.9. The van der Waals surface area contributed by atoms with E-state index in [0.29, 0.717) is 12.8 Å². The SMILES string of the molecule is CCCCCC=CCC=CCC=CCC=CCC=CCCC(=O)OC[C@H](COP(=O)(O)OCCN)OC(=O)CCCCCCCCCCCCCCCCCCC. The van der Waals surface area contributed by atoms with Crippen molar-refractivity contribution in [2.45, 2.75) is 200 Å². The maximum atomic E-state index is 12.6. The molecule has 0 spiro atoms. The molecule has 9 nitrogen and oxygen atoms in total. The molecule has 2 atom stereocenters. The maximum absolute atomic E-state index is 12.6. The molecule has 0 fully saturated rings. The van der Waals surface area contributed by atoms with Crippen molar-refractivity contribution in [1.82, 2.24) is 0 Å². The van der Waals surface area contributed by atoms with Crippen LogP contribution in [0.25, 0.3) is 0 Å². The topological polar surface area (TPSA) is 134 Å². The van der Waals surface area contributed by atoms with E-state index in [1.54, 1.807) is 0 Å². The number of phosphoric acid groups is 1. The summed E-state index contributed by atoms with van der Waals surface area (Å²) in [6, 6.07) is 0. The van der Waals surface area contributed by atoms with Gasteiger partial charge in [0.05, 0.1) is 13.2 Å². The van der Waals surface area contributed by atoms with Crippen molar-refractivity contribution in [3.8, 4) is 0 Å². The van der Waals surface area contributed by atoms with Crippen LogP contribution in [0.5, 0.6) is 0 Å². The molecule has 0 aliphatic heterocycles. The summed E-state index contributed by atoms with van der Waals surface area (Å²) in [6.45, 7) is 3.63. The minimum Gasteiger partial charge on any atom is -0.462 e. The summed E-state index contributed by atoms with van der Waals surface area (Å²) in [7, 11) is -4.39. The fourth-order valence-electron chi connectivity index (χ4n) is 6.03. The van der Waals surface area contributed by atoms with Gasteiger partial charge in [-0.15, -0.1) is 0 Å². The Morgan fingerprint density at radius 2 is 0.947 bits per heavy atom. The molecule has 0 aliphatic carbocycles. The first kappa shape index (κ1) is 54.7. The van der Waals surface area contributed by atoms with Crippen LogP contribution < -0.4 is 5.73 Å². The average Bonchev–Trinajstić information content (AvgIpc) is 3.20. The lowest BCUT2D eigenvalue weighted by Gasteiger charge is -2.19. The molecule has 0 radical (unpaired) electrons. The van der Waals surface area contributed by atoms with E-state index < -0.39 is 32.5 Å². The summed E-state index contributed by atoms with van der Waals surface area (Å²) in [5.74, 6) is -0.922. The first-order chi connectivity index (χ1) is 27.8. The standard InChI is InChI=1S/C47H84NO8P/c1-3-5-7-9-11-13-15-17-19-21-22-24-25-27-29-31-33-35-37-39-46(49)53-43-45(44-55-57(51,52)54-42-41-48)56-47(50)40-38-36-34-32-30-28-26-23-20-18-16-14-12-10-8-6-4-2/h11,13,17,19,22,24,27,29,33,35,45H,3-10,12,14-16,18,20-21,23,25-26,28,30-32,34,36-44,48H2,1-2H3,(H,51,52)/t45-/m1/s1. The molecule has 10 heteroatoms. The lowest BCUT2D eigenvalue weighted by Crippen LogP contribution is -2.29. The smallest absolute Gasteiger partial charge is 0.462 e. The van der Waals surface area contributed by atoms with Gasteiger partial charge in [-0.3, -0.25) is 18.6 Å². The number of hydrogen-bond donors (Lipinski definition) is 2. The molecule has 3 N–H and O–H groups in total. The minimum absolute atomic E-state index is 0.0430. The number of phosphoric ester groups is 1. The Balaban J connectivity index is 4.24. The summed E-state index contributed by atoms with van der Waals surface area (Å²) in [5.41, 5.74) is 5.35. The van der Waals surface area contributed by atoms with Crippen LogP contribution in [0.1, 0.15) is 194 Å². The number of rotatable bonds is 42. The summed E-state index contributed by atoms with van der Waals surface area (Å²) < 4.78 is 32.7. The number of esters is 2. The van der Waals surface area contributed by atoms with Gasteiger partial charge in [0.15, 0.2) is 6.10 Å². The molecule has 57 heavy (non-hydrogen) atoms. The molecular weight excluding hydrogens is 737 g/mol. The zero-order valence-corrected chi connectivity index (χ0v) is 37.2. The summed E-state index contributed by atoms with van der Waals surface area (Å²) in [4.78, 5) is 34.9. The van der Waals surface area contributed by atoms with Crippen LogP contribution in [0.4, 0.5) is 0 Å². The van der Waals surface area contributed by atoms with Gasteiger partial charge in [0.1, 0.15) is 6.61 Å². The van der Waals surface area contributed by atoms with Crippen molar-refractivity contribution >= 4 is 19.8 Å². The van der Waals surface area contributed by atoms with Gasteiger partial charge in [0.25, 0.3) is 0 Å². The van der Waals surface area contributed by atoms with Gasteiger partial charge in [-0.2, -0.15) is 0 Å². The molecule has 0 aromatic heterocycles. The molecule has 0 saturated carbocycles. The zero-order chi connectivity index (χ0) is 41.8. The van der Waals surface area contributed by atoms with Crippen molar-refractivity contribution in [2.75, 3.05) is 26.4 Å². The van der Waals surface area contributed by atoms with Gasteiger partial charge in [-0.1, -0.05) is 190 Å². The lowest BCUT2D eigenvalue weighted by atomic mass is 10.0. The predicted octanol–water partition coefficient (Wildman–Crippen LogP) is 13.3. The Kier molecular flexibility index (Phi) is 41.6. The molecule has 0 amide bonds. The van der Waals surface area contributed by atoms with Gasteiger partial charge >= 0.3 is 19.8 Å². The van der Waals surface area contributed by atoms with Crippen molar-refractivity contribution in [3.63, 3.8) is 0 Å². The molecule has 330 valence electrons. The Bertz CT molecular complexity index is 1120. The highest BCUT2D eigenvalue weighted by molar-refractivity contribution is 7.47. The molecule has 0 rings (SSSR count). The highest BCUT2D eigenvalue weighted by Crippen LogP contribution is 2.43. The van der Waals surface area contributed by atoms with E-state index in [0.717, 1.165) is 44.9 Å². The van der Waals surface area contributed by atoms with E-state index in [1.807, 2.05) is 12.2 Å². The van der Waals surface area contributed by atoms with Gasteiger partial charge in [0.2, 0.25) is 0 Å². The number of carbonyl (C=O) groups excluding carboxylic acids is 2. The largest absolute Gasteiger partial charge is 0.472 e. The van der Waals surface area contributed by atoms with E-state index >= 15 is 0 Å². The molecule has 0 bridgehead atoms. The number of ether oxygens (including phenoxy) is 2. The Morgan fingerprint density at radius 1 is 0.526 bits per heavy atom. The van der Waals surface area contributed by atoms with Crippen LogP contribution in [0, 0.1) is 0 Å². The second kappa shape index (κ2) is 43.3.